The Morgan fingerprint density at radius 2 is 1.47 bits per heavy atom. The normalized spacial score (nSPS) is 11.1. The maximum absolute atomic E-state index is 5.37. The standard InChI is InChI=1S/C14H24N2O3/c1-14(2,15-3)9-16-10-7-12(18-5)13(19-6)8-11(10)17-4/h7-8,15-16H,9H2,1-6H3. The highest BCUT2D eigenvalue weighted by molar-refractivity contribution is 5.64. The summed E-state index contributed by atoms with van der Waals surface area (Å²) in [5.41, 5.74) is 0.863. The Labute approximate surface area is 115 Å². The van der Waals surface area contributed by atoms with Crippen molar-refractivity contribution < 1.29 is 14.2 Å². The van der Waals surface area contributed by atoms with Crippen molar-refractivity contribution >= 4 is 5.69 Å². The quantitative estimate of drug-likeness (QED) is 0.793. The highest BCUT2D eigenvalue weighted by Gasteiger charge is 2.17. The maximum Gasteiger partial charge on any atom is 0.164 e. The van der Waals surface area contributed by atoms with E-state index in [1.807, 2.05) is 19.2 Å². The summed E-state index contributed by atoms with van der Waals surface area (Å²) in [5.74, 6) is 2.05. The molecule has 0 atom stereocenters. The summed E-state index contributed by atoms with van der Waals surface area (Å²) >= 11 is 0. The fraction of sp³-hybridized carbons (Fsp3) is 0.571. The molecular weight excluding hydrogens is 244 g/mol. The molecule has 0 aliphatic heterocycles. The van der Waals surface area contributed by atoms with Crippen molar-refractivity contribution in [2.75, 3.05) is 40.2 Å². The van der Waals surface area contributed by atoms with Crippen molar-refractivity contribution in [3.05, 3.63) is 12.1 Å². The molecule has 0 aliphatic rings. The topological polar surface area (TPSA) is 51.8 Å². The van der Waals surface area contributed by atoms with Crippen LogP contribution in [0.3, 0.4) is 0 Å². The van der Waals surface area contributed by atoms with Crippen LogP contribution in [0.15, 0.2) is 12.1 Å². The van der Waals surface area contributed by atoms with Crippen LogP contribution in [0, 0.1) is 0 Å². The number of hydrogen-bond acceptors (Lipinski definition) is 5. The molecule has 0 heterocycles. The van der Waals surface area contributed by atoms with Gasteiger partial charge < -0.3 is 24.8 Å². The highest BCUT2D eigenvalue weighted by atomic mass is 16.5. The number of anilines is 1. The molecule has 0 radical (unpaired) electrons. The number of benzene rings is 1. The van der Waals surface area contributed by atoms with Crippen molar-refractivity contribution in [3.63, 3.8) is 0 Å². The molecule has 1 aromatic rings. The molecule has 0 saturated heterocycles. The summed E-state index contributed by atoms with van der Waals surface area (Å²) in [6, 6.07) is 3.69. The third-order valence-corrected chi connectivity index (χ3v) is 3.10. The number of rotatable bonds is 7. The van der Waals surface area contributed by atoms with E-state index in [1.165, 1.54) is 0 Å². The Bertz CT molecular complexity index is 419. The van der Waals surface area contributed by atoms with E-state index in [-0.39, 0.29) is 5.54 Å². The van der Waals surface area contributed by atoms with Gasteiger partial charge in [-0.25, -0.2) is 0 Å². The second-order valence-electron chi connectivity index (χ2n) is 4.89. The molecule has 0 aliphatic carbocycles. The fourth-order valence-corrected chi connectivity index (χ4v) is 1.57. The summed E-state index contributed by atoms with van der Waals surface area (Å²) in [4.78, 5) is 0. The first kappa shape index (κ1) is 15.4. The molecule has 0 unspecified atom stereocenters. The predicted octanol–water partition coefficient (Wildman–Crippen LogP) is 2.12. The molecule has 2 N–H and O–H groups in total. The molecule has 0 saturated carbocycles. The molecule has 0 amide bonds. The van der Waals surface area contributed by atoms with Crippen molar-refractivity contribution in [3.8, 4) is 17.2 Å². The van der Waals surface area contributed by atoms with Gasteiger partial charge in [-0.3, -0.25) is 0 Å². The second-order valence-corrected chi connectivity index (χ2v) is 4.89. The monoisotopic (exact) mass is 268 g/mol. The molecule has 1 rings (SSSR count). The average Bonchev–Trinajstić information content (AvgIpc) is 2.44. The van der Waals surface area contributed by atoms with Gasteiger partial charge in [0, 0.05) is 24.2 Å². The SMILES string of the molecule is CNC(C)(C)CNc1cc(OC)c(OC)cc1OC. The minimum Gasteiger partial charge on any atom is -0.494 e. The van der Waals surface area contributed by atoms with Gasteiger partial charge in [0.25, 0.3) is 0 Å². The van der Waals surface area contributed by atoms with Gasteiger partial charge in [0.1, 0.15) is 5.75 Å². The van der Waals surface area contributed by atoms with Crippen molar-refractivity contribution in [1.82, 2.24) is 5.32 Å². The molecule has 5 nitrogen and oxygen atoms in total. The third kappa shape index (κ3) is 3.92. The molecule has 0 fully saturated rings. The molecule has 1 aromatic carbocycles. The molecule has 0 bridgehead atoms. The summed E-state index contributed by atoms with van der Waals surface area (Å²) in [6.07, 6.45) is 0. The third-order valence-electron chi connectivity index (χ3n) is 3.10. The fourth-order valence-electron chi connectivity index (χ4n) is 1.57. The average molecular weight is 268 g/mol. The van der Waals surface area contributed by atoms with Gasteiger partial charge >= 0.3 is 0 Å². The Kier molecular flexibility index (Phi) is 5.30. The van der Waals surface area contributed by atoms with Gasteiger partial charge in [0.2, 0.25) is 0 Å². The predicted molar refractivity (Wildman–Crippen MR) is 77.7 cm³/mol. The Morgan fingerprint density at radius 1 is 0.947 bits per heavy atom. The zero-order valence-corrected chi connectivity index (χ0v) is 12.6. The number of ether oxygens (including phenoxy) is 3. The Morgan fingerprint density at radius 3 is 1.95 bits per heavy atom. The number of hydrogen-bond donors (Lipinski definition) is 2. The lowest BCUT2D eigenvalue weighted by atomic mass is 10.1. The van der Waals surface area contributed by atoms with Gasteiger partial charge in [-0.15, -0.1) is 0 Å². The van der Waals surface area contributed by atoms with Gasteiger partial charge in [-0.2, -0.15) is 0 Å². The van der Waals surface area contributed by atoms with Crippen LogP contribution < -0.4 is 24.8 Å². The van der Waals surface area contributed by atoms with Crippen LogP contribution in [0.25, 0.3) is 0 Å². The molecule has 108 valence electrons. The van der Waals surface area contributed by atoms with E-state index >= 15 is 0 Å². The van der Waals surface area contributed by atoms with Crippen LogP contribution in [-0.2, 0) is 0 Å². The number of nitrogens with one attached hydrogen (secondary N) is 2. The summed E-state index contributed by atoms with van der Waals surface area (Å²) in [5, 5.41) is 6.60. The maximum atomic E-state index is 5.37. The van der Waals surface area contributed by atoms with Gasteiger partial charge in [0.15, 0.2) is 11.5 Å². The molecule has 0 aromatic heterocycles. The molecular formula is C14H24N2O3. The number of methoxy groups -OCH3 is 3. The van der Waals surface area contributed by atoms with E-state index < -0.39 is 0 Å². The number of likely N-dealkylation sites (N-methyl/N-ethyl adjacent to an activating group) is 1. The summed E-state index contributed by atoms with van der Waals surface area (Å²) < 4.78 is 15.9. The second kappa shape index (κ2) is 6.52. The minimum atomic E-state index is -0.0157. The molecule has 0 spiro atoms. The smallest absolute Gasteiger partial charge is 0.164 e. The minimum absolute atomic E-state index is 0.0157. The largest absolute Gasteiger partial charge is 0.494 e. The van der Waals surface area contributed by atoms with Crippen molar-refractivity contribution in [2.45, 2.75) is 19.4 Å². The van der Waals surface area contributed by atoms with E-state index in [2.05, 4.69) is 24.5 Å². The van der Waals surface area contributed by atoms with Crippen LogP contribution in [0.1, 0.15) is 13.8 Å². The van der Waals surface area contributed by atoms with E-state index in [0.29, 0.717) is 11.5 Å². The van der Waals surface area contributed by atoms with Crippen molar-refractivity contribution in [1.29, 1.82) is 0 Å². The zero-order valence-electron chi connectivity index (χ0n) is 12.6. The van der Waals surface area contributed by atoms with Crippen LogP contribution in [0.2, 0.25) is 0 Å². The molecule has 19 heavy (non-hydrogen) atoms. The van der Waals surface area contributed by atoms with E-state index in [9.17, 15) is 0 Å². The van der Waals surface area contributed by atoms with Crippen LogP contribution in [0.5, 0.6) is 17.2 Å². The van der Waals surface area contributed by atoms with E-state index in [4.69, 9.17) is 14.2 Å². The van der Waals surface area contributed by atoms with E-state index in [1.54, 1.807) is 21.3 Å². The van der Waals surface area contributed by atoms with Crippen molar-refractivity contribution in [2.24, 2.45) is 0 Å². The first-order valence-electron chi connectivity index (χ1n) is 6.20. The lowest BCUT2D eigenvalue weighted by Crippen LogP contribution is -2.42. The first-order valence-corrected chi connectivity index (χ1v) is 6.20. The lowest BCUT2D eigenvalue weighted by Gasteiger charge is -2.25. The summed E-state index contributed by atoms with van der Waals surface area (Å²) in [7, 11) is 6.79. The Balaban J connectivity index is 2.99. The van der Waals surface area contributed by atoms with Crippen LogP contribution in [0.4, 0.5) is 5.69 Å². The Hall–Kier alpha value is -1.62. The van der Waals surface area contributed by atoms with Gasteiger partial charge in [-0.05, 0) is 20.9 Å². The van der Waals surface area contributed by atoms with Crippen LogP contribution >= 0.6 is 0 Å². The first-order chi connectivity index (χ1) is 8.97. The summed E-state index contributed by atoms with van der Waals surface area (Å²) in [6.45, 7) is 5.00. The lowest BCUT2D eigenvalue weighted by molar-refractivity contribution is 0.349. The van der Waals surface area contributed by atoms with E-state index in [0.717, 1.165) is 18.0 Å². The van der Waals surface area contributed by atoms with Gasteiger partial charge in [0.05, 0.1) is 27.0 Å². The zero-order chi connectivity index (χ0) is 14.5. The van der Waals surface area contributed by atoms with Gasteiger partial charge in [-0.1, -0.05) is 0 Å². The highest BCUT2D eigenvalue weighted by Crippen LogP contribution is 2.37. The van der Waals surface area contributed by atoms with Crippen LogP contribution in [-0.4, -0.2) is 40.5 Å². The molecule has 5 heteroatoms.